The maximum absolute atomic E-state index is 12.7. The maximum Gasteiger partial charge on any atom is 0.183 e. The van der Waals surface area contributed by atoms with Crippen molar-refractivity contribution in [1.82, 2.24) is 4.57 Å². The number of fused-ring (bicyclic) bond motifs is 1. The highest BCUT2D eigenvalue weighted by molar-refractivity contribution is 7.92. The molecule has 1 fully saturated rings. The van der Waals surface area contributed by atoms with Gasteiger partial charge in [-0.3, -0.25) is 4.79 Å². The monoisotopic (exact) mass is 291 g/mol. The first kappa shape index (κ1) is 13.4. The Morgan fingerprint density at radius 3 is 2.75 bits per heavy atom. The number of Topliss-reactive ketones (excluding diaryl/α,β-unsaturated/α-hetero) is 1. The molecule has 1 aliphatic rings. The molecule has 3 rings (SSSR count). The summed E-state index contributed by atoms with van der Waals surface area (Å²) < 4.78 is 26.1. The molecule has 5 heteroatoms. The fourth-order valence-electron chi connectivity index (χ4n) is 2.96. The molecular weight excluding hydrogens is 274 g/mol. The van der Waals surface area contributed by atoms with Gasteiger partial charge in [-0.05, 0) is 18.9 Å². The Labute approximate surface area is 118 Å². The second kappa shape index (κ2) is 4.74. The lowest BCUT2D eigenvalue weighted by Crippen LogP contribution is -2.35. The normalized spacial score (nSPS) is 21.9. The first-order valence-electron chi connectivity index (χ1n) is 6.80. The number of aryl methyl sites for hydroxylation is 1. The lowest BCUT2D eigenvalue weighted by molar-refractivity contribution is 0.0983. The number of carbonyl (C=O) groups is 1. The van der Waals surface area contributed by atoms with Crippen LogP contribution in [-0.2, 0) is 16.9 Å². The van der Waals surface area contributed by atoms with Crippen molar-refractivity contribution in [3.05, 3.63) is 36.0 Å². The number of nitrogens with zero attached hydrogens (tertiary/aromatic N) is 1. The van der Waals surface area contributed by atoms with Gasteiger partial charge in [0.25, 0.3) is 0 Å². The van der Waals surface area contributed by atoms with Crippen LogP contribution in [0.5, 0.6) is 0 Å². The number of hydrogen-bond acceptors (Lipinski definition) is 3. The van der Waals surface area contributed by atoms with Crippen LogP contribution in [0.3, 0.4) is 0 Å². The van der Waals surface area contributed by atoms with Gasteiger partial charge in [0.1, 0.15) is 5.25 Å². The Morgan fingerprint density at radius 2 is 2.00 bits per heavy atom. The first-order valence-corrected chi connectivity index (χ1v) is 8.52. The molecule has 1 unspecified atom stereocenters. The van der Waals surface area contributed by atoms with Crippen LogP contribution in [0, 0.1) is 0 Å². The zero-order chi connectivity index (χ0) is 14.3. The predicted octanol–water partition coefficient (Wildman–Crippen LogP) is 2.33. The smallest absolute Gasteiger partial charge is 0.183 e. The topological polar surface area (TPSA) is 56.1 Å². The number of benzene rings is 1. The highest BCUT2D eigenvalue weighted by Gasteiger charge is 2.36. The summed E-state index contributed by atoms with van der Waals surface area (Å²) in [6.45, 7) is 0. The molecular formula is C15H17NO3S. The lowest BCUT2D eigenvalue weighted by atomic mass is 10.0. The van der Waals surface area contributed by atoms with Gasteiger partial charge in [0, 0.05) is 29.7 Å². The molecule has 0 N–H and O–H groups in total. The third-order valence-corrected chi connectivity index (χ3v) is 6.21. The van der Waals surface area contributed by atoms with Crippen LogP contribution in [0.4, 0.5) is 0 Å². The standard InChI is InChI=1S/C15H17NO3S/c1-16-10-12(11-6-2-3-7-13(11)16)15(17)14-8-4-5-9-20(14,18)19/h2-3,6-7,10,14H,4-5,8-9H2,1H3. The second-order valence-electron chi connectivity index (χ2n) is 5.39. The van der Waals surface area contributed by atoms with Crippen LogP contribution < -0.4 is 0 Å². The Morgan fingerprint density at radius 1 is 1.25 bits per heavy atom. The van der Waals surface area contributed by atoms with Crippen molar-refractivity contribution in [2.24, 2.45) is 7.05 Å². The van der Waals surface area contributed by atoms with Crippen LogP contribution in [0.25, 0.3) is 10.9 Å². The van der Waals surface area contributed by atoms with E-state index in [-0.39, 0.29) is 11.5 Å². The quantitative estimate of drug-likeness (QED) is 0.798. The van der Waals surface area contributed by atoms with Gasteiger partial charge >= 0.3 is 0 Å². The average molecular weight is 291 g/mol. The van der Waals surface area contributed by atoms with E-state index in [9.17, 15) is 13.2 Å². The second-order valence-corrected chi connectivity index (χ2v) is 7.69. The lowest BCUT2D eigenvalue weighted by Gasteiger charge is -2.20. The number of hydrogen-bond donors (Lipinski definition) is 0. The highest BCUT2D eigenvalue weighted by Crippen LogP contribution is 2.27. The van der Waals surface area contributed by atoms with Crippen LogP contribution in [0.2, 0.25) is 0 Å². The van der Waals surface area contributed by atoms with E-state index in [1.54, 1.807) is 6.20 Å². The number of carbonyl (C=O) groups excluding carboxylic acids is 1. The minimum Gasteiger partial charge on any atom is -0.350 e. The summed E-state index contributed by atoms with van der Waals surface area (Å²) in [5, 5.41) is -0.0252. The van der Waals surface area contributed by atoms with Crippen molar-refractivity contribution in [3.8, 4) is 0 Å². The third-order valence-electron chi connectivity index (χ3n) is 4.03. The molecule has 1 saturated heterocycles. The minimum absolute atomic E-state index is 0.133. The van der Waals surface area contributed by atoms with Crippen molar-refractivity contribution < 1.29 is 13.2 Å². The Balaban J connectivity index is 2.09. The largest absolute Gasteiger partial charge is 0.350 e. The van der Waals surface area contributed by atoms with E-state index in [4.69, 9.17) is 0 Å². The average Bonchev–Trinajstić information content (AvgIpc) is 2.76. The van der Waals surface area contributed by atoms with Crippen LogP contribution in [0.1, 0.15) is 29.6 Å². The van der Waals surface area contributed by atoms with Crippen LogP contribution in [-0.4, -0.2) is 29.8 Å². The zero-order valence-corrected chi connectivity index (χ0v) is 12.2. The summed E-state index contributed by atoms with van der Waals surface area (Å²) in [5.41, 5.74) is 1.47. The molecule has 1 atom stereocenters. The van der Waals surface area contributed by atoms with Gasteiger partial charge in [-0.2, -0.15) is 0 Å². The summed E-state index contributed by atoms with van der Waals surface area (Å²) >= 11 is 0. The van der Waals surface area contributed by atoms with E-state index in [2.05, 4.69) is 0 Å². The molecule has 4 nitrogen and oxygen atoms in total. The molecule has 0 aliphatic carbocycles. The van der Waals surface area contributed by atoms with Gasteiger partial charge < -0.3 is 4.57 Å². The van der Waals surface area contributed by atoms with Gasteiger partial charge in [-0.25, -0.2) is 8.42 Å². The molecule has 0 saturated carbocycles. The first-order chi connectivity index (χ1) is 9.50. The fourth-order valence-corrected chi connectivity index (χ4v) is 4.83. The van der Waals surface area contributed by atoms with Gasteiger partial charge in [0.2, 0.25) is 0 Å². The van der Waals surface area contributed by atoms with E-state index in [0.717, 1.165) is 17.3 Å². The van der Waals surface area contributed by atoms with E-state index in [1.165, 1.54) is 0 Å². The molecule has 20 heavy (non-hydrogen) atoms. The molecule has 0 spiro atoms. The van der Waals surface area contributed by atoms with E-state index < -0.39 is 15.1 Å². The molecule has 1 aromatic carbocycles. The maximum atomic E-state index is 12.7. The van der Waals surface area contributed by atoms with Crippen molar-refractivity contribution in [2.75, 3.05) is 5.75 Å². The summed E-state index contributed by atoms with van der Waals surface area (Å²) in [6.07, 6.45) is 3.67. The highest BCUT2D eigenvalue weighted by atomic mass is 32.2. The molecule has 1 aliphatic heterocycles. The molecule has 1 aromatic heterocycles. The number of aromatic nitrogens is 1. The summed E-state index contributed by atoms with van der Waals surface area (Å²) in [6, 6.07) is 7.59. The summed E-state index contributed by atoms with van der Waals surface area (Å²) in [4.78, 5) is 12.7. The number of ketones is 1. The minimum atomic E-state index is -3.29. The molecule has 0 bridgehead atoms. The molecule has 106 valence electrons. The van der Waals surface area contributed by atoms with Gasteiger partial charge in [0.15, 0.2) is 15.6 Å². The number of sulfone groups is 1. The van der Waals surface area contributed by atoms with Gasteiger partial charge in [-0.15, -0.1) is 0 Å². The molecule has 0 radical (unpaired) electrons. The summed E-state index contributed by atoms with van der Waals surface area (Å²) in [7, 11) is -1.42. The fraction of sp³-hybridized carbons (Fsp3) is 0.400. The molecule has 0 amide bonds. The van der Waals surface area contributed by atoms with Crippen molar-refractivity contribution in [2.45, 2.75) is 24.5 Å². The van der Waals surface area contributed by atoms with Crippen LogP contribution in [0.15, 0.2) is 30.5 Å². The van der Waals surface area contributed by atoms with Crippen LogP contribution >= 0.6 is 0 Å². The third kappa shape index (κ3) is 2.06. The van der Waals surface area contributed by atoms with Crippen molar-refractivity contribution >= 4 is 26.5 Å². The van der Waals surface area contributed by atoms with Crippen molar-refractivity contribution in [3.63, 3.8) is 0 Å². The van der Waals surface area contributed by atoms with E-state index in [1.807, 2.05) is 35.9 Å². The van der Waals surface area contributed by atoms with Gasteiger partial charge in [-0.1, -0.05) is 24.6 Å². The van der Waals surface area contributed by atoms with Crippen molar-refractivity contribution in [1.29, 1.82) is 0 Å². The van der Waals surface area contributed by atoms with E-state index in [0.29, 0.717) is 18.4 Å². The SMILES string of the molecule is Cn1cc(C(=O)C2CCCCS2(=O)=O)c2ccccc21. The zero-order valence-electron chi connectivity index (χ0n) is 11.4. The summed E-state index contributed by atoms with van der Waals surface area (Å²) in [5.74, 6) is -0.116. The Hall–Kier alpha value is -1.62. The predicted molar refractivity (Wildman–Crippen MR) is 78.7 cm³/mol. The van der Waals surface area contributed by atoms with E-state index >= 15 is 0 Å². The number of rotatable bonds is 2. The van der Waals surface area contributed by atoms with Gasteiger partial charge in [0.05, 0.1) is 5.75 Å². The number of para-hydroxylation sites is 1. The molecule has 2 heterocycles. The Kier molecular flexibility index (Phi) is 3.17. The Bertz CT molecular complexity index is 774. The molecule has 2 aromatic rings.